The molecule has 0 aliphatic carbocycles. The number of benzene rings is 5. The number of phenolic OH excluding ortho intramolecular Hbond substituents is 1. The Morgan fingerprint density at radius 2 is 1.03 bits per heavy atom. The van der Waals surface area contributed by atoms with Gasteiger partial charge in [0.05, 0.1) is 54.4 Å². The monoisotopic (exact) mass is 836 g/mol. The van der Waals surface area contributed by atoms with Crippen molar-refractivity contribution in [2.45, 2.75) is 12.8 Å². The predicted octanol–water partition coefficient (Wildman–Crippen LogP) is 8.63. The Morgan fingerprint density at radius 1 is 0.557 bits per heavy atom. The number of hydrogen-bond acceptors (Lipinski definition) is 14. The fraction of sp³-hybridized carbons (Fsp3) is 0.227. The van der Waals surface area contributed by atoms with E-state index in [1.165, 1.54) is 24.8 Å². The molecule has 5 aromatic carbocycles. The summed E-state index contributed by atoms with van der Waals surface area (Å²) in [6.45, 7) is 3.75. The smallest absolute Gasteiger partial charge is 0.416 e. The van der Waals surface area contributed by atoms with Crippen LogP contribution in [0.2, 0.25) is 0 Å². The summed E-state index contributed by atoms with van der Waals surface area (Å²) in [5.74, 6) is 4.17. The average Bonchev–Trinajstić information content (AvgIpc) is 3.46. The first-order valence-electron chi connectivity index (χ1n) is 19.2. The number of aromatic nitrogens is 4. The Kier molecular flexibility index (Phi) is 12.6. The van der Waals surface area contributed by atoms with E-state index in [2.05, 4.69) is 30.6 Å². The summed E-state index contributed by atoms with van der Waals surface area (Å²) < 4.78 is 78.3. The molecule has 17 heteroatoms. The van der Waals surface area contributed by atoms with Gasteiger partial charge in [0.2, 0.25) is 0 Å². The van der Waals surface area contributed by atoms with Crippen LogP contribution in [0.15, 0.2) is 110 Å². The highest BCUT2D eigenvalue weighted by atomic mass is 19.4. The number of alkyl halides is 3. The molecule has 3 N–H and O–H groups in total. The van der Waals surface area contributed by atoms with Gasteiger partial charge in [-0.05, 0) is 54.1 Å². The van der Waals surface area contributed by atoms with E-state index in [0.29, 0.717) is 116 Å². The van der Waals surface area contributed by atoms with Crippen LogP contribution in [-0.4, -0.2) is 77.9 Å². The number of nitrogens with zero attached hydrogens (tertiary/aromatic N) is 4. The van der Waals surface area contributed by atoms with Gasteiger partial charge in [0.1, 0.15) is 68.8 Å². The van der Waals surface area contributed by atoms with Crippen LogP contribution in [0, 0.1) is 0 Å². The Morgan fingerprint density at radius 3 is 1.56 bits per heavy atom. The Bertz CT molecular complexity index is 2600. The lowest BCUT2D eigenvalue weighted by molar-refractivity contribution is -0.137. The fourth-order valence-corrected chi connectivity index (χ4v) is 6.31. The first-order valence-corrected chi connectivity index (χ1v) is 19.2. The lowest BCUT2D eigenvalue weighted by atomic mass is 10.1. The van der Waals surface area contributed by atoms with Crippen LogP contribution in [0.3, 0.4) is 0 Å². The van der Waals surface area contributed by atoms with Crippen molar-refractivity contribution in [3.05, 3.63) is 121 Å². The topological polar surface area (TPSA) is 160 Å². The number of hydrogen-bond donors (Lipinski definition) is 3. The highest BCUT2D eigenvalue weighted by molar-refractivity contribution is 5.94. The van der Waals surface area contributed by atoms with E-state index in [0.717, 1.165) is 28.4 Å². The number of ether oxygens (including phenoxy) is 7. The number of nitrogens with one attached hydrogen (secondary N) is 2. The van der Waals surface area contributed by atoms with Crippen LogP contribution in [0.1, 0.15) is 11.1 Å². The first-order chi connectivity index (χ1) is 29.8. The number of aromatic hydroxyl groups is 1. The zero-order valence-electron chi connectivity index (χ0n) is 32.5. The maximum absolute atomic E-state index is 12.8. The summed E-state index contributed by atoms with van der Waals surface area (Å²) in [6.07, 6.45) is -1.46. The van der Waals surface area contributed by atoms with Gasteiger partial charge in [0.25, 0.3) is 0 Å². The van der Waals surface area contributed by atoms with Crippen LogP contribution in [-0.2, 0) is 22.3 Å². The number of phenols is 1. The summed E-state index contributed by atoms with van der Waals surface area (Å²) in [5.41, 5.74) is 2.50. The molecule has 0 fully saturated rings. The molecule has 4 heterocycles. The van der Waals surface area contributed by atoms with E-state index in [4.69, 9.17) is 33.2 Å². The van der Waals surface area contributed by atoms with Crippen molar-refractivity contribution in [1.82, 2.24) is 19.9 Å². The lowest BCUT2D eigenvalue weighted by Gasteiger charge is -2.16. The molecule has 0 amide bonds. The largest absolute Gasteiger partial charge is 0.506 e. The summed E-state index contributed by atoms with van der Waals surface area (Å²) in [6, 6.07) is 26.4. The molecule has 2 aliphatic rings. The first kappa shape index (κ1) is 40.7. The second-order valence-corrected chi connectivity index (χ2v) is 13.4. The van der Waals surface area contributed by atoms with E-state index in [9.17, 15) is 18.3 Å². The van der Waals surface area contributed by atoms with Crippen molar-refractivity contribution in [3.63, 3.8) is 0 Å². The molecule has 0 radical (unpaired) electrons. The van der Waals surface area contributed by atoms with E-state index < -0.39 is 11.7 Å². The lowest BCUT2D eigenvalue weighted by Crippen LogP contribution is -2.08. The molecule has 0 atom stereocenters. The predicted molar refractivity (Wildman–Crippen MR) is 220 cm³/mol. The maximum atomic E-state index is 12.8. The third-order valence-electron chi connectivity index (χ3n) is 9.32. The minimum absolute atomic E-state index is 0.0993. The quantitative estimate of drug-likeness (QED) is 0.131. The molecule has 0 unspecified atom stereocenters. The summed E-state index contributed by atoms with van der Waals surface area (Å²) >= 11 is 0. The molecule has 2 aromatic heterocycles. The third-order valence-corrected chi connectivity index (χ3v) is 9.32. The molecule has 314 valence electrons. The van der Waals surface area contributed by atoms with Gasteiger partial charge in [-0.2, -0.15) is 13.2 Å². The molecule has 0 spiro atoms. The average molecular weight is 837 g/mol. The molecule has 61 heavy (non-hydrogen) atoms. The normalized spacial score (nSPS) is 14.1. The van der Waals surface area contributed by atoms with Gasteiger partial charge in [-0.1, -0.05) is 36.4 Å². The molecule has 9 rings (SSSR count). The molecule has 0 saturated carbocycles. The third kappa shape index (κ3) is 10.2. The maximum Gasteiger partial charge on any atom is 0.416 e. The van der Waals surface area contributed by atoms with Gasteiger partial charge < -0.3 is 48.9 Å². The van der Waals surface area contributed by atoms with Crippen molar-refractivity contribution in [3.8, 4) is 34.5 Å². The number of halogens is 3. The zero-order chi connectivity index (χ0) is 42.0. The molecule has 0 saturated heterocycles. The molecule has 0 bridgehead atoms. The van der Waals surface area contributed by atoms with Crippen LogP contribution >= 0.6 is 0 Å². The molecule has 2 aliphatic heterocycles. The van der Waals surface area contributed by atoms with E-state index in [1.54, 1.807) is 30.3 Å². The highest BCUT2D eigenvalue weighted by Gasteiger charge is 2.30. The van der Waals surface area contributed by atoms with Gasteiger partial charge >= 0.3 is 6.18 Å². The van der Waals surface area contributed by atoms with E-state index >= 15 is 0 Å². The van der Waals surface area contributed by atoms with Gasteiger partial charge in [-0.25, -0.2) is 19.9 Å². The summed E-state index contributed by atoms with van der Waals surface area (Å²) in [5, 5.41) is 17.9. The SMILES string of the molecule is FC(F)(F)c1ccc(COc2ccccc2Nc2ncnc3cc4c(cc23)OCCOCCO4)cc1.Oc1ccccc1Nc1ncnc2cc3c(cc12)OCCOCCO3. The van der Waals surface area contributed by atoms with Gasteiger partial charge in [0.15, 0.2) is 23.0 Å². The minimum atomic E-state index is -4.38. The zero-order valence-corrected chi connectivity index (χ0v) is 32.5. The highest BCUT2D eigenvalue weighted by Crippen LogP contribution is 2.38. The van der Waals surface area contributed by atoms with Crippen molar-refractivity contribution < 1.29 is 51.4 Å². The number of fused-ring (bicyclic) bond motifs is 4. The Balaban J connectivity index is 0.000000180. The van der Waals surface area contributed by atoms with E-state index in [1.807, 2.05) is 42.5 Å². The molecular weight excluding hydrogens is 798 g/mol. The molecular formula is C44H39F3N6O8. The fourth-order valence-electron chi connectivity index (χ4n) is 6.31. The summed E-state index contributed by atoms with van der Waals surface area (Å²) in [7, 11) is 0. The Labute approximate surface area is 347 Å². The number of rotatable bonds is 7. The standard InChI is InChI=1S/C26H22F3N3O4.C18H17N3O4/c27-26(28,29)18-7-5-17(6-8-18)15-36-22-4-2-1-3-20(22)32-25-19-13-23-24(14-21(19)30-16-31-25)35-12-10-33-9-11-34-23;22-15-4-2-1-3-13(15)21-18-12-9-16-17(10-14(12)19-11-20-18)25-8-6-23-5-7-24-16/h1-8,13-14,16H,9-12,15H2,(H,30,31,32);1-4,9-11,22H,5-8H2,(H,19,20,21). The number of para-hydroxylation sites is 4. The van der Waals surface area contributed by atoms with Crippen molar-refractivity contribution in [2.24, 2.45) is 0 Å². The van der Waals surface area contributed by atoms with Crippen molar-refractivity contribution >= 4 is 44.8 Å². The second-order valence-electron chi connectivity index (χ2n) is 13.4. The van der Waals surface area contributed by atoms with Gasteiger partial charge in [0, 0.05) is 22.9 Å². The summed E-state index contributed by atoms with van der Waals surface area (Å²) in [4.78, 5) is 17.4. The van der Waals surface area contributed by atoms with Crippen molar-refractivity contribution in [1.29, 1.82) is 0 Å². The van der Waals surface area contributed by atoms with Crippen LogP contribution in [0.5, 0.6) is 34.5 Å². The molecule has 14 nitrogen and oxygen atoms in total. The Hall–Kier alpha value is -7.11. The van der Waals surface area contributed by atoms with Gasteiger partial charge in [-0.15, -0.1) is 0 Å². The van der Waals surface area contributed by atoms with Crippen LogP contribution in [0.25, 0.3) is 21.8 Å². The van der Waals surface area contributed by atoms with E-state index in [-0.39, 0.29) is 12.4 Å². The van der Waals surface area contributed by atoms with Crippen LogP contribution in [0.4, 0.5) is 36.2 Å². The molecule has 7 aromatic rings. The van der Waals surface area contributed by atoms with Crippen molar-refractivity contribution in [2.75, 3.05) is 63.5 Å². The second kappa shape index (κ2) is 18.9. The van der Waals surface area contributed by atoms with Crippen LogP contribution < -0.4 is 34.3 Å². The number of anilines is 4. The van der Waals surface area contributed by atoms with Gasteiger partial charge in [-0.3, -0.25) is 0 Å². The minimum Gasteiger partial charge on any atom is -0.506 e.